The number of benzene rings is 8. The summed E-state index contributed by atoms with van der Waals surface area (Å²) >= 11 is 32.6. The summed E-state index contributed by atoms with van der Waals surface area (Å²) in [6, 6.07) is 77.8. The first-order chi connectivity index (χ1) is 60.4. The number of thiophene rings is 12. The highest BCUT2D eigenvalue weighted by Gasteiger charge is 2.37. The molecule has 0 saturated heterocycles. The molecule has 0 spiro atoms. The zero-order valence-electron chi connectivity index (χ0n) is 77.0. The predicted molar refractivity (Wildman–Crippen MR) is 590 cm³/mol. The van der Waals surface area contributed by atoms with Crippen LogP contribution in [-0.4, -0.2) is 0 Å². The van der Waals surface area contributed by atoms with E-state index in [0.29, 0.717) is 0 Å². The second-order valence-corrected chi connectivity index (χ2v) is 61.2. The number of hydrogen-bond acceptors (Lipinski definition) is 16. The molecule has 0 aliphatic carbocycles. The van der Waals surface area contributed by atoms with Gasteiger partial charge in [-0.1, -0.05) is 407 Å². The molecule has 21 rings (SSSR count). The maximum absolute atomic E-state index is 2.45. The zero-order chi connectivity index (χ0) is 89.7. The Kier molecular flexibility index (Phi) is 21.8. The molecule has 0 atom stereocenters. The Bertz CT molecular complexity index is 6380. The minimum atomic E-state index is -0.00789. The molecular weight excluding hydrogens is 1860 g/mol. The molecule has 0 fully saturated rings. The molecule has 0 N–H and O–H groups in total. The van der Waals surface area contributed by atoms with Gasteiger partial charge in [0.2, 0.25) is 0 Å². The Balaban J connectivity index is 0.878. The monoisotopic (exact) mass is 1960 g/mol. The zero-order valence-corrected chi connectivity index (χ0v) is 90.1. The van der Waals surface area contributed by atoms with Crippen molar-refractivity contribution in [2.24, 2.45) is 0 Å². The molecule has 1 aliphatic heterocycles. The van der Waals surface area contributed by atoms with Crippen LogP contribution in [0.25, 0.3) is 164 Å². The smallest absolute Gasteiger partial charge is 0.0754 e. The number of rotatable bonds is 8. The van der Waals surface area contributed by atoms with E-state index in [-0.39, 0.29) is 43.3 Å². The minimum Gasteiger partial charge on any atom is -0.132 e. The van der Waals surface area contributed by atoms with Gasteiger partial charge in [0.15, 0.2) is 0 Å². The Hall–Kier alpha value is -6.36. The molecule has 0 amide bonds. The van der Waals surface area contributed by atoms with E-state index in [1.165, 1.54) is 242 Å². The first kappa shape index (κ1) is 88.2. The van der Waals surface area contributed by atoms with Crippen LogP contribution in [-0.2, 0) is 43.3 Å². The van der Waals surface area contributed by atoms with Crippen molar-refractivity contribution >= 4 is 258 Å². The van der Waals surface area contributed by atoms with Crippen LogP contribution in [0.15, 0.2) is 228 Å². The van der Waals surface area contributed by atoms with Crippen LogP contribution < -0.4 is 0 Å². The van der Waals surface area contributed by atoms with Gasteiger partial charge in [-0.05, 0) is 132 Å². The van der Waals surface area contributed by atoms with Crippen molar-refractivity contribution in [1.82, 2.24) is 0 Å². The first-order valence-corrected chi connectivity index (χ1v) is 57.2. The molecule has 0 unspecified atom stereocenters. The van der Waals surface area contributed by atoms with Gasteiger partial charge in [-0.25, -0.2) is 0 Å². The Morgan fingerprint density at radius 1 is 0.117 bits per heavy atom. The van der Waals surface area contributed by atoms with Gasteiger partial charge in [-0.15, -0.1) is 136 Å². The third-order valence-corrected chi connectivity index (χ3v) is 46.9. The lowest BCUT2D eigenvalue weighted by Crippen LogP contribution is -2.10. The van der Waals surface area contributed by atoms with Crippen molar-refractivity contribution < 1.29 is 0 Å². The second kappa shape index (κ2) is 31.6. The maximum Gasteiger partial charge on any atom is 0.0754 e. The average molecular weight is 1960 g/mol. The molecule has 13 heterocycles. The van der Waals surface area contributed by atoms with Gasteiger partial charge >= 0.3 is 0 Å². The predicted octanol–water partition coefficient (Wildman–Crippen LogP) is 42.3. The van der Waals surface area contributed by atoms with Crippen LogP contribution in [0.3, 0.4) is 0 Å². The van der Waals surface area contributed by atoms with Crippen molar-refractivity contribution in [3.05, 3.63) is 239 Å². The molecule has 0 saturated carbocycles. The summed E-state index contributed by atoms with van der Waals surface area (Å²) in [5.41, 5.74) is 31.7. The van der Waals surface area contributed by atoms with E-state index >= 15 is 0 Å². The van der Waals surface area contributed by atoms with Gasteiger partial charge in [0.1, 0.15) is 0 Å². The normalized spacial score (nSPS) is 13.8. The van der Waals surface area contributed by atoms with Crippen molar-refractivity contribution in [3.8, 4) is 89.0 Å². The fourth-order valence-corrected chi connectivity index (χ4v) is 43.4. The van der Waals surface area contributed by atoms with E-state index in [1.807, 2.05) is 183 Å². The minimum absolute atomic E-state index is 0.00789. The van der Waals surface area contributed by atoms with Gasteiger partial charge in [0.25, 0.3) is 0 Å². The lowest BCUT2D eigenvalue weighted by molar-refractivity contribution is 0.590. The van der Waals surface area contributed by atoms with E-state index in [1.54, 1.807) is 0 Å². The fraction of sp³-hybridized carbons (Fsp3) is 0.286. The number of hydrogen-bond donors (Lipinski definition) is 0. The molecule has 1 aliphatic rings. The van der Waals surface area contributed by atoms with E-state index in [9.17, 15) is 0 Å². The van der Waals surface area contributed by atoms with Crippen LogP contribution in [0.4, 0.5) is 0 Å². The summed E-state index contributed by atoms with van der Waals surface area (Å²) in [6.45, 7) is 56.3. The van der Waals surface area contributed by atoms with E-state index in [0.717, 1.165) is 0 Å². The largest absolute Gasteiger partial charge is 0.132 e. The van der Waals surface area contributed by atoms with Crippen LogP contribution in [0, 0.1) is 0 Å². The highest BCUT2D eigenvalue weighted by Crippen LogP contribution is 2.68. The van der Waals surface area contributed by atoms with E-state index in [4.69, 9.17) is 0 Å². The molecule has 128 heavy (non-hydrogen) atoms. The molecule has 8 aromatic carbocycles. The van der Waals surface area contributed by atoms with E-state index in [2.05, 4.69) is 360 Å². The molecule has 648 valence electrons. The fourth-order valence-electron chi connectivity index (χ4n) is 17.6. The highest BCUT2D eigenvalue weighted by atomic mass is 32.2. The molecule has 0 radical (unpaired) electrons. The Morgan fingerprint density at radius 3 is 0.297 bits per heavy atom. The number of fused-ring (bicyclic) bond motifs is 8. The van der Waals surface area contributed by atoms with Gasteiger partial charge in [0, 0.05) is 44.5 Å². The lowest BCUT2D eigenvalue weighted by Gasteiger charge is -2.19. The molecule has 12 aromatic heterocycles. The standard InChI is InChI=1S/C112H104S16/c1-105(2,3)65-41-25-57(26-42-65)73-81-89-90-82(113-81)74(58-27-43-66(44-28-58)106(4,5)6)99(118-90)126-100-77(61-33-49-69(50-34-61)109(13,14)15)85-93(121-100)94-86(115-85)79(63-37-53-71(54-38-63)111(19,20)21)103(122-94)128-104-80(64-39-55-72(56-40-64)112(22,23)24)88-96(124-104)95-87(116-88)78(62-35-51-70(52-36-62)110(16,17)18)102(123-95)127-101-76(60-31-47-68(48-32-60)108(10,11)12)84-92(120-101)91-83(114-84)75(98(119-91)125-97(73)117-89)59-29-45-67(46-30-59)107(7,8)9/h25-56H,1-24H3. The van der Waals surface area contributed by atoms with Crippen LogP contribution in [0.5, 0.6) is 0 Å². The maximum atomic E-state index is 2.45. The quantitative estimate of drug-likeness (QED) is 0.149. The SMILES string of the molecule is CC(C)(C)c1ccc(-c2c3sc4c2sc2c(-c5ccc(C(C)(C)C)cc5)c(sc24)Sc2sc4c(sc5c(-c6ccc(C(C)(C)C)cc6)c(sc54)Sc4sc5c(sc6c(-c7ccc(C(C)(C)C)cc7)c(sc65)Sc5sc6c(sc7c(-c8ccc(C(C)(C)C)cc8)c(sc76)S3)c5-c3ccc(C(C)(C)C)cc3)c4-c3ccc(C(C)(C)C)cc3)c2-c2ccc(C(C)(C)C)cc2)cc1. The van der Waals surface area contributed by atoms with Gasteiger partial charge < -0.3 is 0 Å². The highest BCUT2D eigenvalue weighted by molar-refractivity contribution is 8.05. The molecule has 16 heteroatoms. The third kappa shape index (κ3) is 15.5. The molecule has 16 bridgehead atoms. The van der Waals surface area contributed by atoms with Gasteiger partial charge in [-0.3, -0.25) is 0 Å². The third-order valence-electron chi connectivity index (χ3n) is 25.4. The summed E-state index contributed by atoms with van der Waals surface area (Å²) < 4.78 is 33.0. The van der Waals surface area contributed by atoms with Crippen molar-refractivity contribution in [2.75, 3.05) is 0 Å². The molecule has 20 aromatic rings. The van der Waals surface area contributed by atoms with Crippen LogP contribution in [0.2, 0.25) is 0 Å². The summed E-state index contributed by atoms with van der Waals surface area (Å²) in [7, 11) is 0. The summed E-state index contributed by atoms with van der Waals surface area (Å²) in [5.74, 6) is 0. The summed E-state index contributed by atoms with van der Waals surface area (Å²) in [5, 5.41) is 0. The van der Waals surface area contributed by atoms with Crippen molar-refractivity contribution in [2.45, 2.75) is 243 Å². The van der Waals surface area contributed by atoms with E-state index < -0.39 is 0 Å². The average Bonchev–Trinajstić information content (AvgIpc) is 1.55. The molecular formula is C112H104S16. The van der Waals surface area contributed by atoms with Crippen molar-refractivity contribution in [1.29, 1.82) is 0 Å². The van der Waals surface area contributed by atoms with Crippen molar-refractivity contribution in [3.63, 3.8) is 0 Å². The van der Waals surface area contributed by atoms with Crippen LogP contribution >= 0.6 is 183 Å². The van der Waals surface area contributed by atoms with Crippen LogP contribution in [0.1, 0.15) is 211 Å². The Morgan fingerprint density at radius 2 is 0.211 bits per heavy atom. The summed E-state index contributed by atoms with van der Waals surface area (Å²) in [6.07, 6.45) is 0. The van der Waals surface area contributed by atoms with Gasteiger partial charge in [0.05, 0.1) is 109 Å². The second-order valence-electron chi connectivity index (χ2n) is 42.8. The van der Waals surface area contributed by atoms with Gasteiger partial charge in [-0.2, -0.15) is 0 Å². The lowest BCUT2D eigenvalue weighted by atomic mass is 9.86. The summed E-state index contributed by atoms with van der Waals surface area (Å²) in [4.78, 5) is 0. The topological polar surface area (TPSA) is 0 Å². The molecule has 0 nitrogen and oxygen atoms in total. The first-order valence-electron chi connectivity index (χ1n) is 44.1. The Labute approximate surface area is 819 Å².